The molecule has 0 unspecified atom stereocenters. The number of hydrogen-bond donors (Lipinski definition) is 1. The van der Waals surface area contributed by atoms with Crippen molar-refractivity contribution in [2.75, 3.05) is 20.2 Å². The van der Waals surface area contributed by atoms with Gasteiger partial charge in [-0.15, -0.1) is 0 Å². The Hall–Kier alpha value is -1.96. The summed E-state index contributed by atoms with van der Waals surface area (Å²) in [5.74, 6) is 0.649. The number of ether oxygens (including phenoxy) is 1. The van der Waals surface area contributed by atoms with Crippen LogP contribution >= 0.6 is 0 Å². The van der Waals surface area contributed by atoms with Gasteiger partial charge in [-0.2, -0.15) is 4.31 Å². The molecule has 3 atom stereocenters. The van der Waals surface area contributed by atoms with Crippen LogP contribution in [0.2, 0.25) is 0 Å². The lowest BCUT2D eigenvalue weighted by atomic mass is 9.68. The minimum atomic E-state index is -3.60. The lowest BCUT2D eigenvalue weighted by Gasteiger charge is -2.41. The second kappa shape index (κ2) is 6.89. The van der Waals surface area contributed by atoms with Gasteiger partial charge in [-0.3, -0.25) is 4.98 Å². The fraction of sp³-hybridized carbons (Fsp3) is 0.450. The zero-order valence-electron chi connectivity index (χ0n) is 15.3. The monoisotopic (exact) mass is 388 g/mol. The van der Waals surface area contributed by atoms with Gasteiger partial charge in [0.25, 0.3) is 0 Å². The summed E-state index contributed by atoms with van der Waals surface area (Å²) in [6, 6.07) is 10.2. The summed E-state index contributed by atoms with van der Waals surface area (Å²) in [5.41, 5.74) is -0.246. The molecule has 0 radical (unpaired) electrons. The van der Waals surface area contributed by atoms with Crippen molar-refractivity contribution < 1.29 is 18.3 Å². The molecule has 1 N–H and O–H groups in total. The van der Waals surface area contributed by atoms with Crippen molar-refractivity contribution in [2.24, 2.45) is 11.8 Å². The normalized spacial score (nSPS) is 28.7. The number of sulfonamides is 1. The largest absolute Gasteiger partial charge is 0.497 e. The summed E-state index contributed by atoms with van der Waals surface area (Å²) in [6.45, 7) is 0.770. The number of pyridine rings is 1. The first kappa shape index (κ1) is 18.4. The van der Waals surface area contributed by atoms with Crippen molar-refractivity contribution in [1.29, 1.82) is 0 Å². The Balaban J connectivity index is 1.62. The van der Waals surface area contributed by atoms with Gasteiger partial charge < -0.3 is 9.84 Å². The molecule has 1 saturated heterocycles. The molecule has 1 saturated carbocycles. The van der Waals surface area contributed by atoms with Gasteiger partial charge >= 0.3 is 0 Å². The van der Waals surface area contributed by atoms with Crippen molar-refractivity contribution in [3.8, 4) is 5.75 Å². The van der Waals surface area contributed by atoms with Gasteiger partial charge in [0.2, 0.25) is 10.0 Å². The first-order chi connectivity index (χ1) is 12.9. The van der Waals surface area contributed by atoms with Crippen LogP contribution in [0, 0.1) is 11.8 Å². The summed E-state index contributed by atoms with van der Waals surface area (Å²) < 4.78 is 32.9. The summed E-state index contributed by atoms with van der Waals surface area (Å²) in [6.07, 6.45) is 5.83. The minimum Gasteiger partial charge on any atom is -0.497 e. The van der Waals surface area contributed by atoms with Gasteiger partial charge in [-0.05, 0) is 55.5 Å². The third-order valence-corrected chi connectivity index (χ3v) is 7.86. The molecule has 0 spiro atoms. The molecule has 144 valence electrons. The van der Waals surface area contributed by atoms with Crippen LogP contribution < -0.4 is 4.74 Å². The number of fused-ring (bicyclic) bond motifs is 1. The zero-order chi connectivity index (χ0) is 19.1. The second-order valence-corrected chi connectivity index (χ2v) is 9.36. The molecule has 4 rings (SSSR count). The molecule has 2 aliphatic rings. The van der Waals surface area contributed by atoms with Crippen LogP contribution in [0.25, 0.3) is 0 Å². The summed E-state index contributed by atoms with van der Waals surface area (Å²) in [4.78, 5) is 4.40. The molecule has 7 heteroatoms. The Morgan fingerprint density at radius 3 is 2.67 bits per heavy atom. The molecule has 2 fully saturated rings. The van der Waals surface area contributed by atoms with Crippen LogP contribution in [-0.2, 0) is 15.6 Å². The van der Waals surface area contributed by atoms with E-state index in [2.05, 4.69) is 4.98 Å². The molecule has 6 nitrogen and oxygen atoms in total. The quantitative estimate of drug-likeness (QED) is 0.870. The highest BCUT2D eigenvalue weighted by Crippen LogP contribution is 2.48. The topological polar surface area (TPSA) is 79.7 Å². The number of rotatable bonds is 4. The van der Waals surface area contributed by atoms with Crippen LogP contribution in [-0.4, -0.2) is 43.0 Å². The molecule has 1 aromatic heterocycles. The molecule has 1 aliphatic carbocycles. The molecular formula is C20H24N2O4S. The van der Waals surface area contributed by atoms with Crippen molar-refractivity contribution in [2.45, 2.75) is 29.8 Å². The molecule has 1 aliphatic heterocycles. The number of hydrogen-bond acceptors (Lipinski definition) is 5. The highest BCUT2D eigenvalue weighted by molar-refractivity contribution is 7.89. The third kappa shape index (κ3) is 3.13. The standard InChI is InChI=1S/C20H24N2O4S/c1-26-17-6-8-18(9-7-17)27(24,25)22-13-15-4-2-10-20(23,19(15)14-22)16-5-3-11-21-12-16/h3,5-9,11-12,15,19,23H,2,4,10,13-14H2,1H3/t15-,19+,20+/m0/s1. The van der Waals surface area contributed by atoms with E-state index in [-0.39, 0.29) is 16.7 Å². The Kier molecular flexibility index (Phi) is 4.70. The lowest BCUT2D eigenvalue weighted by molar-refractivity contribution is -0.0643. The van der Waals surface area contributed by atoms with Crippen LogP contribution in [0.15, 0.2) is 53.7 Å². The minimum absolute atomic E-state index is 0.122. The van der Waals surface area contributed by atoms with Gasteiger partial charge in [0.05, 0.1) is 17.6 Å². The molecule has 2 aromatic rings. The maximum Gasteiger partial charge on any atom is 0.243 e. The lowest BCUT2D eigenvalue weighted by Crippen LogP contribution is -2.43. The van der Waals surface area contributed by atoms with Gasteiger partial charge in [-0.25, -0.2) is 8.42 Å². The van der Waals surface area contributed by atoms with Crippen LogP contribution in [0.3, 0.4) is 0 Å². The van der Waals surface area contributed by atoms with E-state index in [4.69, 9.17) is 4.74 Å². The summed E-state index contributed by atoms with van der Waals surface area (Å²) in [5, 5.41) is 11.5. The van der Waals surface area contributed by atoms with Crippen molar-refractivity contribution in [1.82, 2.24) is 9.29 Å². The average Bonchev–Trinajstić information content (AvgIpc) is 3.16. The van der Waals surface area contributed by atoms with E-state index in [1.165, 1.54) is 4.31 Å². The maximum absolute atomic E-state index is 13.1. The SMILES string of the molecule is COc1ccc(S(=O)(=O)N2C[C@@H]3CCC[C@@](O)(c4cccnc4)[C@@H]3C2)cc1. The fourth-order valence-electron chi connectivity index (χ4n) is 4.55. The van der Waals surface area contributed by atoms with E-state index in [0.29, 0.717) is 25.3 Å². The van der Waals surface area contributed by atoms with Gasteiger partial charge in [0, 0.05) is 37.0 Å². The first-order valence-corrected chi connectivity index (χ1v) is 10.7. The number of nitrogens with zero attached hydrogens (tertiary/aromatic N) is 2. The van der Waals surface area contributed by atoms with E-state index in [1.807, 2.05) is 12.1 Å². The highest BCUT2D eigenvalue weighted by atomic mass is 32.2. The van der Waals surface area contributed by atoms with E-state index in [9.17, 15) is 13.5 Å². The van der Waals surface area contributed by atoms with Gasteiger partial charge in [0.15, 0.2) is 0 Å². The highest BCUT2D eigenvalue weighted by Gasteiger charge is 2.52. The molecule has 2 heterocycles. The average molecular weight is 388 g/mol. The van der Waals surface area contributed by atoms with Crippen LogP contribution in [0.1, 0.15) is 24.8 Å². The second-order valence-electron chi connectivity index (χ2n) is 7.42. The van der Waals surface area contributed by atoms with Gasteiger partial charge in [0.1, 0.15) is 5.75 Å². The Bertz CT molecular complexity index is 901. The zero-order valence-corrected chi connectivity index (χ0v) is 16.1. The van der Waals surface area contributed by atoms with E-state index >= 15 is 0 Å². The molecule has 0 bridgehead atoms. The van der Waals surface area contributed by atoms with E-state index in [0.717, 1.165) is 18.4 Å². The Morgan fingerprint density at radius 1 is 1.22 bits per heavy atom. The summed E-state index contributed by atoms with van der Waals surface area (Å²) in [7, 11) is -2.05. The predicted molar refractivity (Wildman–Crippen MR) is 101 cm³/mol. The predicted octanol–water partition coefficient (Wildman–Crippen LogP) is 2.40. The Morgan fingerprint density at radius 2 is 2.00 bits per heavy atom. The molecule has 0 amide bonds. The van der Waals surface area contributed by atoms with E-state index in [1.54, 1.807) is 43.8 Å². The smallest absolute Gasteiger partial charge is 0.243 e. The van der Waals surface area contributed by atoms with Crippen LogP contribution in [0.5, 0.6) is 5.75 Å². The van der Waals surface area contributed by atoms with Crippen LogP contribution in [0.4, 0.5) is 0 Å². The molecule has 1 aromatic carbocycles. The number of benzene rings is 1. The van der Waals surface area contributed by atoms with Crippen molar-refractivity contribution in [3.63, 3.8) is 0 Å². The first-order valence-electron chi connectivity index (χ1n) is 9.22. The van der Waals surface area contributed by atoms with Crippen molar-refractivity contribution in [3.05, 3.63) is 54.4 Å². The number of aromatic nitrogens is 1. The number of methoxy groups -OCH3 is 1. The summed E-state index contributed by atoms with van der Waals surface area (Å²) >= 11 is 0. The van der Waals surface area contributed by atoms with Gasteiger partial charge in [-0.1, -0.05) is 6.07 Å². The fourth-order valence-corrected chi connectivity index (χ4v) is 6.08. The molecule has 27 heavy (non-hydrogen) atoms. The maximum atomic E-state index is 13.1. The third-order valence-electron chi connectivity index (χ3n) is 6.01. The Labute approximate surface area is 159 Å². The number of aliphatic hydroxyl groups is 1. The molecular weight excluding hydrogens is 364 g/mol. The van der Waals surface area contributed by atoms with Crippen molar-refractivity contribution >= 4 is 10.0 Å². The van der Waals surface area contributed by atoms with E-state index < -0.39 is 15.6 Å².